The summed E-state index contributed by atoms with van der Waals surface area (Å²) in [7, 11) is 2.00. The van der Waals surface area contributed by atoms with Crippen LogP contribution in [0.3, 0.4) is 0 Å². The van der Waals surface area contributed by atoms with Gasteiger partial charge in [-0.25, -0.2) is 4.39 Å². The van der Waals surface area contributed by atoms with Crippen molar-refractivity contribution in [2.45, 2.75) is 38.8 Å². The largest absolute Gasteiger partial charge is 0.393 e. The highest BCUT2D eigenvalue weighted by atomic mass is 127. The number of nitrogens with one attached hydrogen (secondary N) is 1. The second-order valence-electron chi connectivity index (χ2n) is 6.64. The highest BCUT2D eigenvalue weighted by Crippen LogP contribution is 2.10. The van der Waals surface area contributed by atoms with Gasteiger partial charge in [-0.1, -0.05) is 12.1 Å². The van der Waals surface area contributed by atoms with E-state index in [4.69, 9.17) is 4.99 Å². The van der Waals surface area contributed by atoms with Gasteiger partial charge >= 0.3 is 0 Å². The maximum atomic E-state index is 13.0. The minimum absolute atomic E-state index is 0. The molecule has 1 aliphatic rings. The van der Waals surface area contributed by atoms with Gasteiger partial charge in [-0.15, -0.1) is 24.0 Å². The molecule has 0 spiro atoms. The van der Waals surface area contributed by atoms with Crippen LogP contribution in [0.4, 0.5) is 4.39 Å². The Balaban J connectivity index is 0.00000338. The smallest absolute Gasteiger partial charge is 0.193 e. The van der Waals surface area contributed by atoms with Crippen molar-refractivity contribution in [3.8, 4) is 0 Å². The zero-order chi connectivity index (χ0) is 18.1. The average molecular weight is 478 g/mol. The van der Waals surface area contributed by atoms with Crippen LogP contribution in [0.15, 0.2) is 29.3 Å². The molecule has 26 heavy (non-hydrogen) atoms. The molecule has 1 heterocycles. The normalized spacial score (nSPS) is 16.2. The van der Waals surface area contributed by atoms with Crippen LogP contribution in [0.1, 0.15) is 31.7 Å². The topological polar surface area (TPSA) is 51.1 Å². The fraction of sp³-hybridized carbons (Fsp3) is 0.632. The lowest BCUT2D eigenvalue weighted by atomic mass is 10.1. The molecule has 0 aliphatic carbocycles. The van der Waals surface area contributed by atoms with Gasteiger partial charge in [-0.05, 0) is 50.4 Å². The summed E-state index contributed by atoms with van der Waals surface area (Å²) in [6, 6.07) is 6.59. The lowest BCUT2D eigenvalue weighted by Crippen LogP contribution is -2.39. The van der Waals surface area contributed by atoms with E-state index < -0.39 is 0 Å². The molecule has 2 rings (SSSR count). The van der Waals surface area contributed by atoms with Crippen LogP contribution in [0.2, 0.25) is 0 Å². The van der Waals surface area contributed by atoms with Crippen molar-refractivity contribution in [2.24, 2.45) is 4.99 Å². The van der Waals surface area contributed by atoms with E-state index in [-0.39, 0.29) is 35.9 Å². The second-order valence-corrected chi connectivity index (χ2v) is 6.64. The maximum absolute atomic E-state index is 13.0. The van der Waals surface area contributed by atoms with Crippen molar-refractivity contribution in [2.75, 3.05) is 39.8 Å². The fourth-order valence-corrected chi connectivity index (χ4v) is 3.03. The van der Waals surface area contributed by atoms with E-state index in [1.165, 1.54) is 12.1 Å². The van der Waals surface area contributed by atoms with Crippen LogP contribution in [0, 0.1) is 5.82 Å². The maximum Gasteiger partial charge on any atom is 0.193 e. The first-order valence-corrected chi connectivity index (χ1v) is 9.22. The van der Waals surface area contributed by atoms with Crippen molar-refractivity contribution in [3.05, 3.63) is 35.6 Å². The number of aliphatic imine (C=N–C) groups is 1. The molecule has 1 saturated heterocycles. The first-order chi connectivity index (χ1) is 12.1. The minimum atomic E-state index is -0.211. The third kappa shape index (κ3) is 8.18. The molecule has 0 aromatic heterocycles. The molecule has 0 amide bonds. The number of halogens is 2. The molecular weight excluding hydrogens is 446 g/mol. The van der Waals surface area contributed by atoms with Crippen molar-refractivity contribution in [3.63, 3.8) is 0 Å². The minimum Gasteiger partial charge on any atom is -0.393 e. The molecule has 0 atom stereocenters. The lowest BCUT2D eigenvalue weighted by molar-refractivity contribution is 0.0824. The molecule has 0 unspecified atom stereocenters. The van der Waals surface area contributed by atoms with E-state index in [1.807, 2.05) is 7.05 Å². The summed E-state index contributed by atoms with van der Waals surface area (Å²) in [5, 5.41) is 12.9. The SMILES string of the molecule is CCNC(=NCCCN1CCC(O)CC1)N(C)Cc1ccc(F)cc1.I. The first kappa shape index (κ1) is 23.1. The average Bonchev–Trinajstić information content (AvgIpc) is 2.61. The van der Waals surface area contributed by atoms with E-state index >= 15 is 0 Å². The number of rotatable bonds is 7. The van der Waals surface area contributed by atoms with E-state index in [1.54, 1.807) is 12.1 Å². The summed E-state index contributed by atoms with van der Waals surface area (Å²) in [6.45, 7) is 7.32. The van der Waals surface area contributed by atoms with E-state index in [9.17, 15) is 9.50 Å². The Labute approximate surface area is 173 Å². The van der Waals surface area contributed by atoms with Crippen LogP contribution in [0.5, 0.6) is 0 Å². The summed E-state index contributed by atoms with van der Waals surface area (Å²) in [6.07, 6.45) is 2.66. The highest BCUT2D eigenvalue weighted by Gasteiger charge is 2.16. The third-order valence-corrected chi connectivity index (χ3v) is 4.48. The molecule has 148 valence electrons. The van der Waals surface area contributed by atoms with Gasteiger partial charge in [0.2, 0.25) is 0 Å². The Morgan fingerprint density at radius 2 is 1.96 bits per heavy atom. The van der Waals surface area contributed by atoms with Crippen molar-refractivity contribution < 1.29 is 9.50 Å². The van der Waals surface area contributed by atoms with Gasteiger partial charge in [-0.2, -0.15) is 0 Å². The molecule has 1 aliphatic heterocycles. The van der Waals surface area contributed by atoms with Crippen molar-refractivity contribution >= 4 is 29.9 Å². The van der Waals surface area contributed by atoms with E-state index in [2.05, 4.69) is 22.0 Å². The Morgan fingerprint density at radius 3 is 2.58 bits per heavy atom. The number of benzene rings is 1. The fourth-order valence-electron chi connectivity index (χ4n) is 3.03. The Hall–Kier alpha value is -0.930. The lowest BCUT2D eigenvalue weighted by Gasteiger charge is -2.29. The van der Waals surface area contributed by atoms with Gasteiger partial charge in [0.25, 0.3) is 0 Å². The number of likely N-dealkylation sites (tertiary alicyclic amines) is 1. The molecule has 0 bridgehead atoms. The number of piperidine rings is 1. The van der Waals surface area contributed by atoms with Crippen molar-refractivity contribution in [1.29, 1.82) is 0 Å². The van der Waals surface area contributed by atoms with Crippen molar-refractivity contribution in [1.82, 2.24) is 15.1 Å². The summed E-state index contributed by atoms with van der Waals surface area (Å²) in [5.41, 5.74) is 1.06. The zero-order valence-corrected chi connectivity index (χ0v) is 18.2. The first-order valence-electron chi connectivity index (χ1n) is 9.22. The summed E-state index contributed by atoms with van der Waals surface area (Å²) in [4.78, 5) is 9.17. The van der Waals surface area contributed by atoms with Gasteiger partial charge in [0.15, 0.2) is 5.96 Å². The number of nitrogens with zero attached hydrogens (tertiary/aromatic N) is 3. The van der Waals surface area contributed by atoms with Crippen LogP contribution < -0.4 is 5.32 Å². The zero-order valence-electron chi connectivity index (χ0n) is 15.8. The molecule has 5 nitrogen and oxygen atoms in total. The number of aliphatic hydroxyl groups is 1. The highest BCUT2D eigenvalue weighted by molar-refractivity contribution is 14.0. The van der Waals surface area contributed by atoms with E-state index in [0.717, 1.165) is 63.5 Å². The second kappa shape index (κ2) is 12.5. The number of guanidine groups is 1. The van der Waals surface area contributed by atoms with Gasteiger partial charge in [0.05, 0.1) is 6.10 Å². The molecule has 1 aromatic rings. The Morgan fingerprint density at radius 1 is 1.31 bits per heavy atom. The Kier molecular flexibility index (Phi) is 11.1. The molecular formula is C19H32FIN4O. The molecule has 0 radical (unpaired) electrons. The summed E-state index contributed by atoms with van der Waals surface area (Å²) < 4.78 is 13.0. The van der Waals surface area contributed by atoms with Crippen LogP contribution in [-0.4, -0.2) is 66.7 Å². The van der Waals surface area contributed by atoms with Gasteiger partial charge in [0, 0.05) is 39.8 Å². The predicted molar refractivity (Wildman–Crippen MR) is 116 cm³/mol. The molecule has 1 fully saturated rings. The number of hydrogen-bond acceptors (Lipinski definition) is 3. The van der Waals surface area contributed by atoms with Crippen LogP contribution in [-0.2, 0) is 6.54 Å². The predicted octanol–water partition coefficient (Wildman–Crippen LogP) is 2.69. The molecule has 2 N–H and O–H groups in total. The van der Waals surface area contributed by atoms with Gasteiger partial charge in [-0.3, -0.25) is 4.99 Å². The van der Waals surface area contributed by atoms with Gasteiger partial charge in [0.1, 0.15) is 5.82 Å². The quantitative estimate of drug-likeness (QED) is 0.274. The molecule has 7 heteroatoms. The standard InChI is InChI=1S/C19H31FN4O.HI/c1-3-21-19(23(2)15-16-5-7-17(20)8-6-16)22-11-4-12-24-13-9-18(25)10-14-24;/h5-8,18,25H,3-4,9-15H2,1-2H3,(H,21,22);1H. The van der Waals surface area contributed by atoms with Crippen LogP contribution in [0.25, 0.3) is 0 Å². The molecule has 0 saturated carbocycles. The number of aliphatic hydroxyl groups excluding tert-OH is 1. The summed E-state index contributed by atoms with van der Waals surface area (Å²) >= 11 is 0. The van der Waals surface area contributed by atoms with Gasteiger partial charge < -0.3 is 20.2 Å². The third-order valence-electron chi connectivity index (χ3n) is 4.48. The summed E-state index contributed by atoms with van der Waals surface area (Å²) in [5.74, 6) is 0.665. The Bertz CT molecular complexity index is 533. The number of hydrogen-bond donors (Lipinski definition) is 2. The monoisotopic (exact) mass is 478 g/mol. The van der Waals surface area contributed by atoms with Crippen LogP contribution >= 0.6 is 24.0 Å². The van der Waals surface area contributed by atoms with E-state index in [0.29, 0.717) is 6.54 Å². The molecule has 1 aromatic carbocycles.